The van der Waals surface area contributed by atoms with E-state index in [0.29, 0.717) is 5.56 Å². The van der Waals surface area contributed by atoms with E-state index in [1.165, 1.54) is 24.5 Å². The lowest BCUT2D eigenvalue weighted by Crippen LogP contribution is -2.37. The number of hydrogen-bond acceptors (Lipinski definition) is 5. The third-order valence-corrected chi connectivity index (χ3v) is 4.69. The summed E-state index contributed by atoms with van der Waals surface area (Å²) in [6.07, 6.45) is 0.605. The van der Waals surface area contributed by atoms with Crippen LogP contribution in [0.5, 0.6) is 0 Å². The van der Waals surface area contributed by atoms with Gasteiger partial charge in [-0.25, -0.2) is 0 Å². The van der Waals surface area contributed by atoms with Crippen molar-refractivity contribution >= 4 is 16.7 Å². The lowest BCUT2D eigenvalue weighted by atomic mass is 9.89. The van der Waals surface area contributed by atoms with Crippen LogP contribution in [0, 0.1) is 5.92 Å². The number of aliphatic hydroxyl groups excluding tert-OH is 2. The van der Waals surface area contributed by atoms with Gasteiger partial charge in [0.2, 0.25) is 0 Å². The molecule has 0 radical (unpaired) electrons. The monoisotopic (exact) mass is 381 g/mol. The van der Waals surface area contributed by atoms with Gasteiger partial charge in [-0.15, -0.1) is 0 Å². The van der Waals surface area contributed by atoms with Crippen LogP contribution in [-0.2, 0) is 16.1 Å². The molecular formula is C22H23NO5. The van der Waals surface area contributed by atoms with Crippen LogP contribution in [0.4, 0.5) is 0 Å². The van der Waals surface area contributed by atoms with Crippen LogP contribution in [-0.4, -0.2) is 33.5 Å². The van der Waals surface area contributed by atoms with E-state index in [2.05, 4.69) is 0 Å². The number of nitrogens with zero attached hydrogens (tertiary/aromatic N) is 1. The van der Waals surface area contributed by atoms with Gasteiger partial charge < -0.3 is 19.5 Å². The summed E-state index contributed by atoms with van der Waals surface area (Å²) in [6, 6.07) is 15.8. The van der Waals surface area contributed by atoms with Gasteiger partial charge in [-0.2, -0.15) is 0 Å². The highest BCUT2D eigenvalue weighted by atomic mass is 16.5. The smallest absolute Gasteiger partial charge is 0.314 e. The van der Waals surface area contributed by atoms with Crippen LogP contribution in [0.15, 0.2) is 71.8 Å². The van der Waals surface area contributed by atoms with E-state index in [4.69, 9.17) is 4.74 Å². The summed E-state index contributed by atoms with van der Waals surface area (Å²) in [4.78, 5) is 23.8. The predicted octanol–water partition coefficient (Wildman–Crippen LogP) is 2.28. The summed E-state index contributed by atoms with van der Waals surface area (Å²) in [5, 5.41) is 23.6. The van der Waals surface area contributed by atoms with Crippen LogP contribution >= 0.6 is 0 Å². The van der Waals surface area contributed by atoms with E-state index < -0.39 is 24.1 Å². The first-order valence-corrected chi connectivity index (χ1v) is 9.17. The fraction of sp³-hybridized carbons (Fsp3) is 0.273. The van der Waals surface area contributed by atoms with Gasteiger partial charge in [0.15, 0.2) is 5.43 Å². The Labute approximate surface area is 162 Å². The van der Waals surface area contributed by atoms with Crippen molar-refractivity contribution in [2.75, 3.05) is 6.61 Å². The fourth-order valence-electron chi connectivity index (χ4n) is 3.23. The Kier molecular flexibility index (Phi) is 6.23. The molecule has 0 aliphatic carbocycles. The molecule has 28 heavy (non-hydrogen) atoms. The van der Waals surface area contributed by atoms with Gasteiger partial charge in [0.25, 0.3) is 0 Å². The van der Waals surface area contributed by atoms with Gasteiger partial charge >= 0.3 is 5.97 Å². The van der Waals surface area contributed by atoms with Crippen LogP contribution < -0.4 is 5.43 Å². The largest absolute Gasteiger partial charge is 0.466 e. The SMILES string of the molecule is CCOC(=O)C(C(O)Cn1ccc(=O)cc1)C(O)c1ccc2ccccc2c1. The minimum Gasteiger partial charge on any atom is -0.466 e. The van der Waals surface area contributed by atoms with E-state index in [1.807, 2.05) is 30.3 Å². The quantitative estimate of drug-likeness (QED) is 0.613. The molecule has 2 N–H and O–H groups in total. The van der Waals surface area contributed by atoms with E-state index in [-0.39, 0.29) is 18.6 Å². The minimum absolute atomic E-state index is 0.0361. The number of esters is 1. The zero-order valence-corrected chi connectivity index (χ0v) is 15.6. The summed E-state index contributed by atoms with van der Waals surface area (Å²) >= 11 is 0. The van der Waals surface area contributed by atoms with Crippen molar-refractivity contribution in [2.24, 2.45) is 5.92 Å². The van der Waals surface area contributed by atoms with Crippen molar-refractivity contribution in [3.05, 3.63) is 82.8 Å². The second-order valence-corrected chi connectivity index (χ2v) is 6.63. The van der Waals surface area contributed by atoms with Crippen molar-refractivity contribution in [1.82, 2.24) is 4.57 Å². The van der Waals surface area contributed by atoms with Crippen molar-refractivity contribution in [2.45, 2.75) is 25.7 Å². The topological polar surface area (TPSA) is 88.8 Å². The third-order valence-electron chi connectivity index (χ3n) is 4.69. The number of carbonyl (C=O) groups is 1. The Morgan fingerprint density at radius 2 is 1.71 bits per heavy atom. The first kappa shape index (κ1) is 19.8. The van der Waals surface area contributed by atoms with Crippen molar-refractivity contribution in [3.8, 4) is 0 Å². The number of rotatable bonds is 7. The summed E-state index contributed by atoms with van der Waals surface area (Å²) in [5.74, 6) is -1.84. The Balaban J connectivity index is 1.89. The lowest BCUT2D eigenvalue weighted by Gasteiger charge is -2.27. The van der Waals surface area contributed by atoms with E-state index in [0.717, 1.165) is 10.8 Å². The fourth-order valence-corrected chi connectivity index (χ4v) is 3.23. The molecule has 1 heterocycles. The van der Waals surface area contributed by atoms with Gasteiger partial charge in [-0.3, -0.25) is 9.59 Å². The lowest BCUT2D eigenvalue weighted by molar-refractivity contribution is -0.158. The molecule has 2 aromatic carbocycles. The molecule has 0 aliphatic heterocycles. The Morgan fingerprint density at radius 1 is 1.04 bits per heavy atom. The maximum atomic E-state index is 12.5. The number of aliphatic hydroxyl groups is 2. The second-order valence-electron chi connectivity index (χ2n) is 6.63. The third kappa shape index (κ3) is 4.47. The highest BCUT2D eigenvalue weighted by molar-refractivity contribution is 5.83. The van der Waals surface area contributed by atoms with Crippen LogP contribution in [0.1, 0.15) is 18.6 Å². The first-order valence-electron chi connectivity index (χ1n) is 9.17. The summed E-state index contributed by atoms with van der Waals surface area (Å²) in [6.45, 7) is 1.85. The maximum absolute atomic E-state index is 12.5. The van der Waals surface area contributed by atoms with Crippen LogP contribution in [0.25, 0.3) is 10.8 Å². The number of fused-ring (bicyclic) bond motifs is 1. The van der Waals surface area contributed by atoms with Gasteiger partial charge in [-0.05, 0) is 29.3 Å². The number of benzene rings is 2. The molecule has 0 bridgehead atoms. The standard InChI is InChI=1S/C22H23NO5/c1-2-28-22(27)20(19(25)14-23-11-9-18(24)10-12-23)21(26)17-8-7-15-5-3-4-6-16(15)13-17/h3-13,19-21,25-26H,2,14H2,1H3. The van der Waals surface area contributed by atoms with E-state index >= 15 is 0 Å². The van der Waals surface area contributed by atoms with Gasteiger partial charge in [0, 0.05) is 31.1 Å². The molecule has 0 amide bonds. The minimum atomic E-state index is -1.24. The number of aromatic nitrogens is 1. The van der Waals surface area contributed by atoms with Gasteiger partial charge in [0.05, 0.1) is 18.8 Å². The molecule has 3 aromatic rings. The molecule has 3 atom stereocenters. The highest BCUT2D eigenvalue weighted by Gasteiger charge is 2.36. The Morgan fingerprint density at radius 3 is 2.39 bits per heavy atom. The van der Waals surface area contributed by atoms with Crippen molar-refractivity contribution < 1.29 is 19.7 Å². The molecule has 3 rings (SSSR count). The molecular weight excluding hydrogens is 358 g/mol. The first-order chi connectivity index (χ1) is 13.5. The number of ether oxygens (including phenoxy) is 1. The molecule has 0 spiro atoms. The molecule has 6 heteroatoms. The van der Waals surface area contributed by atoms with Gasteiger partial charge in [-0.1, -0.05) is 36.4 Å². The zero-order valence-electron chi connectivity index (χ0n) is 15.6. The Hall–Kier alpha value is -2.96. The highest BCUT2D eigenvalue weighted by Crippen LogP contribution is 2.29. The van der Waals surface area contributed by atoms with Crippen LogP contribution in [0.3, 0.4) is 0 Å². The molecule has 146 valence electrons. The second kappa shape index (κ2) is 8.82. The molecule has 0 saturated heterocycles. The summed E-state index contributed by atoms with van der Waals surface area (Å²) in [5.41, 5.74) is 0.375. The Bertz CT molecular complexity index is 992. The predicted molar refractivity (Wildman–Crippen MR) is 106 cm³/mol. The number of hydrogen-bond donors (Lipinski definition) is 2. The number of pyridine rings is 1. The molecule has 1 aromatic heterocycles. The number of carbonyl (C=O) groups excluding carboxylic acids is 1. The zero-order chi connectivity index (χ0) is 20.1. The van der Waals surface area contributed by atoms with Crippen LogP contribution in [0.2, 0.25) is 0 Å². The molecule has 0 saturated carbocycles. The average Bonchev–Trinajstić information content (AvgIpc) is 2.69. The summed E-state index contributed by atoms with van der Waals surface area (Å²) < 4.78 is 6.68. The molecule has 0 aliphatic rings. The van der Waals surface area contributed by atoms with Crippen molar-refractivity contribution in [1.29, 1.82) is 0 Å². The van der Waals surface area contributed by atoms with Crippen molar-refractivity contribution in [3.63, 3.8) is 0 Å². The summed E-state index contributed by atoms with van der Waals surface area (Å²) in [7, 11) is 0. The maximum Gasteiger partial charge on any atom is 0.314 e. The average molecular weight is 381 g/mol. The molecule has 0 fully saturated rings. The van der Waals surface area contributed by atoms with Gasteiger partial charge in [0.1, 0.15) is 5.92 Å². The van der Waals surface area contributed by atoms with E-state index in [1.54, 1.807) is 23.6 Å². The van der Waals surface area contributed by atoms with E-state index in [9.17, 15) is 19.8 Å². The normalized spacial score (nSPS) is 14.4. The molecule has 6 nitrogen and oxygen atoms in total. The molecule has 3 unspecified atom stereocenters.